The fourth-order valence-electron chi connectivity index (χ4n) is 3.11. The van der Waals surface area contributed by atoms with Crippen molar-refractivity contribution < 1.29 is 4.79 Å². The van der Waals surface area contributed by atoms with Crippen molar-refractivity contribution in [3.8, 4) is 0 Å². The van der Waals surface area contributed by atoms with E-state index in [4.69, 9.17) is 0 Å². The Kier molecular flexibility index (Phi) is 2.88. The van der Waals surface area contributed by atoms with Crippen LogP contribution >= 0.6 is 11.3 Å². The van der Waals surface area contributed by atoms with E-state index in [1.807, 2.05) is 5.38 Å². The molecule has 3 heterocycles. The zero-order valence-corrected chi connectivity index (χ0v) is 10.5. The number of nitrogens with zero attached hydrogens (tertiary/aromatic N) is 1. The van der Waals surface area contributed by atoms with E-state index in [0.717, 1.165) is 25.1 Å². The van der Waals surface area contributed by atoms with E-state index < -0.39 is 0 Å². The molecule has 4 nitrogen and oxygen atoms in total. The van der Waals surface area contributed by atoms with Crippen LogP contribution in [-0.2, 0) is 11.3 Å². The molecule has 2 atom stereocenters. The molecule has 17 heavy (non-hydrogen) atoms. The Hall–Kier alpha value is -0.940. The molecule has 2 bridgehead atoms. The number of ketones is 1. The summed E-state index contributed by atoms with van der Waals surface area (Å²) in [6.45, 7) is 0.793. The molecule has 1 aromatic rings. The molecule has 2 unspecified atom stereocenters. The second-order valence-corrected chi connectivity index (χ2v) is 5.87. The lowest BCUT2D eigenvalue weighted by molar-refractivity contribution is -0.127. The summed E-state index contributed by atoms with van der Waals surface area (Å²) in [5, 5.41) is 1.90. The van der Waals surface area contributed by atoms with Crippen molar-refractivity contribution in [3.63, 3.8) is 0 Å². The highest BCUT2D eigenvalue weighted by Crippen LogP contribution is 2.33. The Balaban J connectivity index is 1.78. The molecule has 2 aliphatic rings. The van der Waals surface area contributed by atoms with Crippen molar-refractivity contribution in [2.45, 2.75) is 50.7 Å². The number of aromatic nitrogens is 1. The SMILES string of the molecule is O=C1CC2CCCC(C1)N2Cc1csc(=O)[nH]1. The van der Waals surface area contributed by atoms with Crippen LogP contribution in [0.15, 0.2) is 10.2 Å². The number of piperidine rings is 2. The van der Waals surface area contributed by atoms with Gasteiger partial charge >= 0.3 is 4.87 Å². The smallest absolute Gasteiger partial charge is 0.304 e. The first-order chi connectivity index (χ1) is 8.22. The lowest BCUT2D eigenvalue weighted by Crippen LogP contribution is -2.51. The normalized spacial score (nSPS) is 29.5. The summed E-state index contributed by atoms with van der Waals surface area (Å²) in [5.74, 6) is 0.412. The maximum Gasteiger partial charge on any atom is 0.304 e. The zero-order chi connectivity index (χ0) is 11.8. The minimum atomic E-state index is 0.0123. The first kappa shape index (κ1) is 11.2. The molecule has 0 aromatic carbocycles. The highest BCUT2D eigenvalue weighted by molar-refractivity contribution is 7.07. The number of thiazole rings is 1. The number of hydrogen-bond acceptors (Lipinski definition) is 4. The lowest BCUT2D eigenvalue weighted by Gasteiger charge is -2.45. The minimum Gasteiger partial charge on any atom is -0.315 e. The topological polar surface area (TPSA) is 53.2 Å². The van der Waals surface area contributed by atoms with Crippen molar-refractivity contribution >= 4 is 17.1 Å². The summed E-state index contributed by atoms with van der Waals surface area (Å²) < 4.78 is 0. The zero-order valence-electron chi connectivity index (χ0n) is 9.65. The summed E-state index contributed by atoms with van der Waals surface area (Å²) in [6.07, 6.45) is 4.88. The molecule has 3 rings (SSSR count). The number of rotatable bonds is 2. The van der Waals surface area contributed by atoms with Gasteiger partial charge in [-0.05, 0) is 12.8 Å². The van der Waals surface area contributed by atoms with Crippen LogP contribution in [-0.4, -0.2) is 27.8 Å². The van der Waals surface area contributed by atoms with Crippen molar-refractivity contribution in [1.29, 1.82) is 0 Å². The standard InChI is InChI=1S/C12H16N2O2S/c15-11-4-9-2-1-3-10(5-11)14(9)6-8-7-17-12(16)13-8/h7,9-10H,1-6H2,(H,13,16). The van der Waals surface area contributed by atoms with Crippen LogP contribution in [0.3, 0.4) is 0 Å². The quantitative estimate of drug-likeness (QED) is 0.868. The second-order valence-electron chi connectivity index (χ2n) is 5.03. The van der Waals surface area contributed by atoms with Crippen molar-refractivity contribution in [3.05, 3.63) is 20.7 Å². The van der Waals surface area contributed by atoms with Gasteiger partial charge < -0.3 is 4.98 Å². The summed E-state index contributed by atoms with van der Waals surface area (Å²) in [5.41, 5.74) is 0.992. The molecule has 0 amide bonds. The third-order valence-electron chi connectivity index (χ3n) is 3.86. The van der Waals surface area contributed by atoms with Crippen LogP contribution in [0.5, 0.6) is 0 Å². The average molecular weight is 252 g/mol. The Morgan fingerprint density at radius 1 is 1.29 bits per heavy atom. The number of nitrogens with one attached hydrogen (secondary N) is 1. The van der Waals surface area contributed by atoms with Crippen molar-refractivity contribution in [1.82, 2.24) is 9.88 Å². The Labute approximate surface area is 104 Å². The van der Waals surface area contributed by atoms with Crippen LogP contribution < -0.4 is 4.87 Å². The fraction of sp³-hybridized carbons (Fsp3) is 0.667. The van der Waals surface area contributed by atoms with Gasteiger partial charge in [0.05, 0.1) is 0 Å². The molecule has 1 aromatic heterocycles. The maximum atomic E-state index is 11.6. The number of H-pyrrole nitrogens is 1. The van der Waals surface area contributed by atoms with Gasteiger partial charge in [-0.1, -0.05) is 17.8 Å². The van der Waals surface area contributed by atoms with Gasteiger partial charge in [-0.15, -0.1) is 0 Å². The molecule has 0 aliphatic carbocycles. The molecule has 5 heteroatoms. The highest BCUT2D eigenvalue weighted by Gasteiger charge is 2.37. The lowest BCUT2D eigenvalue weighted by atomic mass is 9.84. The summed E-state index contributed by atoms with van der Waals surface area (Å²) in [6, 6.07) is 0.803. The van der Waals surface area contributed by atoms with Crippen LogP contribution in [0.1, 0.15) is 37.8 Å². The van der Waals surface area contributed by atoms with Crippen LogP contribution in [0, 0.1) is 0 Å². The summed E-state index contributed by atoms with van der Waals surface area (Å²) in [7, 11) is 0. The summed E-state index contributed by atoms with van der Waals surface area (Å²) >= 11 is 1.22. The molecule has 0 spiro atoms. The van der Waals surface area contributed by atoms with E-state index in [-0.39, 0.29) is 4.87 Å². The monoisotopic (exact) mass is 252 g/mol. The van der Waals surface area contributed by atoms with E-state index in [1.165, 1.54) is 17.8 Å². The number of fused-ring (bicyclic) bond motifs is 2. The van der Waals surface area contributed by atoms with E-state index in [0.29, 0.717) is 30.7 Å². The van der Waals surface area contributed by atoms with E-state index in [1.54, 1.807) is 0 Å². The first-order valence-electron chi connectivity index (χ1n) is 6.16. The van der Waals surface area contributed by atoms with E-state index in [9.17, 15) is 9.59 Å². The van der Waals surface area contributed by atoms with Gasteiger partial charge in [0.25, 0.3) is 0 Å². The number of Topliss-reactive ketones (excluding diaryl/α,β-unsaturated/α-hetero) is 1. The van der Waals surface area contributed by atoms with Crippen molar-refractivity contribution in [2.24, 2.45) is 0 Å². The maximum absolute atomic E-state index is 11.6. The Morgan fingerprint density at radius 2 is 2.00 bits per heavy atom. The van der Waals surface area contributed by atoms with Gasteiger partial charge in [0, 0.05) is 42.5 Å². The average Bonchev–Trinajstić information content (AvgIpc) is 2.65. The molecule has 1 N–H and O–H groups in total. The van der Waals surface area contributed by atoms with E-state index in [2.05, 4.69) is 9.88 Å². The highest BCUT2D eigenvalue weighted by atomic mass is 32.1. The molecule has 2 saturated heterocycles. The molecule has 2 aliphatic heterocycles. The number of hydrogen-bond donors (Lipinski definition) is 1. The number of carbonyl (C=O) groups is 1. The van der Waals surface area contributed by atoms with Gasteiger partial charge in [0.2, 0.25) is 0 Å². The minimum absolute atomic E-state index is 0.0123. The molecule has 0 radical (unpaired) electrons. The largest absolute Gasteiger partial charge is 0.315 e. The van der Waals surface area contributed by atoms with Gasteiger partial charge in [-0.3, -0.25) is 14.5 Å². The predicted molar refractivity (Wildman–Crippen MR) is 66.2 cm³/mol. The van der Waals surface area contributed by atoms with Gasteiger partial charge in [-0.25, -0.2) is 0 Å². The molecule has 2 fully saturated rings. The number of aromatic amines is 1. The van der Waals surface area contributed by atoms with Gasteiger partial charge in [-0.2, -0.15) is 0 Å². The molecule has 92 valence electrons. The predicted octanol–water partition coefficient (Wildman–Crippen LogP) is 1.52. The van der Waals surface area contributed by atoms with Crippen LogP contribution in [0.2, 0.25) is 0 Å². The van der Waals surface area contributed by atoms with Crippen LogP contribution in [0.4, 0.5) is 0 Å². The van der Waals surface area contributed by atoms with Gasteiger partial charge in [0.15, 0.2) is 0 Å². The molecule has 0 saturated carbocycles. The molecular formula is C12H16N2O2S. The Morgan fingerprint density at radius 3 is 2.59 bits per heavy atom. The fourth-order valence-corrected chi connectivity index (χ4v) is 3.69. The molecular weight excluding hydrogens is 236 g/mol. The van der Waals surface area contributed by atoms with Crippen LogP contribution in [0.25, 0.3) is 0 Å². The van der Waals surface area contributed by atoms with E-state index >= 15 is 0 Å². The number of carbonyl (C=O) groups excluding carboxylic acids is 1. The third-order valence-corrected chi connectivity index (χ3v) is 4.58. The summed E-state index contributed by atoms with van der Waals surface area (Å²) in [4.78, 5) is 28.0. The first-order valence-corrected chi connectivity index (χ1v) is 7.04. The van der Waals surface area contributed by atoms with Gasteiger partial charge in [0.1, 0.15) is 5.78 Å². The second kappa shape index (κ2) is 4.38. The Bertz CT molecular complexity index is 463. The van der Waals surface area contributed by atoms with Crippen molar-refractivity contribution in [2.75, 3.05) is 0 Å². The third kappa shape index (κ3) is 2.21.